The van der Waals surface area contributed by atoms with Gasteiger partial charge in [0.25, 0.3) is 0 Å². The van der Waals surface area contributed by atoms with Crippen LogP contribution in [0.3, 0.4) is 0 Å². The highest BCUT2D eigenvalue weighted by atomic mass is 35.5. The first kappa shape index (κ1) is 31.7. The smallest absolute Gasteiger partial charge is 0.320 e. The SMILES string of the molecule is N#Cc1cccc(-c2ccc(CN(Cc3ccc(C(F)(F)P(=O)(O)O)c(Cl)c3)S(=O)(=O)c3ccc(F)cc3Cl)cc2)c1. The van der Waals surface area contributed by atoms with Gasteiger partial charge < -0.3 is 9.79 Å². The third-order valence-corrected chi connectivity index (χ3v) is 9.79. The van der Waals surface area contributed by atoms with Crippen LogP contribution in [-0.4, -0.2) is 22.5 Å². The average Bonchev–Trinajstić information content (AvgIpc) is 2.92. The Hall–Kier alpha value is -3.20. The lowest BCUT2D eigenvalue weighted by atomic mass is 10.0. The average molecular weight is 655 g/mol. The topological polar surface area (TPSA) is 119 Å². The van der Waals surface area contributed by atoms with Crippen molar-refractivity contribution >= 4 is 40.8 Å². The quantitative estimate of drug-likeness (QED) is 0.183. The Morgan fingerprint density at radius 1 is 0.857 bits per heavy atom. The fourth-order valence-electron chi connectivity index (χ4n) is 4.09. The molecule has 0 amide bonds. The predicted molar refractivity (Wildman–Crippen MR) is 152 cm³/mol. The summed E-state index contributed by atoms with van der Waals surface area (Å²) in [6, 6.07) is 21.3. The number of nitrogens with zero attached hydrogens (tertiary/aromatic N) is 2. The van der Waals surface area contributed by atoms with E-state index in [0.29, 0.717) is 11.1 Å². The minimum atomic E-state index is -5.90. The summed E-state index contributed by atoms with van der Waals surface area (Å²) in [5.74, 6) is -0.755. The molecular weight excluding hydrogens is 635 g/mol. The number of sulfonamides is 1. The molecule has 42 heavy (non-hydrogen) atoms. The van der Waals surface area contributed by atoms with Gasteiger partial charge in [-0.25, -0.2) is 12.8 Å². The molecule has 0 heterocycles. The van der Waals surface area contributed by atoms with Gasteiger partial charge in [-0.1, -0.05) is 71.7 Å². The van der Waals surface area contributed by atoms with Crippen LogP contribution in [0.4, 0.5) is 13.2 Å². The van der Waals surface area contributed by atoms with Gasteiger partial charge in [-0.05, 0) is 58.7 Å². The zero-order chi connectivity index (χ0) is 30.9. The molecule has 0 saturated carbocycles. The number of benzene rings is 4. The molecule has 0 unspecified atom stereocenters. The van der Waals surface area contributed by atoms with Crippen molar-refractivity contribution in [3.63, 3.8) is 0 Å². The van der Waals surface area contributed by atoms with E-state index >= 15 is 0 Å². The van der Waals surface area contributed by atoms with E-state index < -0.39 is 51.1 Å². The zero-order valence-corrected chi connectivity index (χ0v) is 24.5. The highest BCUT2D eigenvalue weighted by Gasteiger charge is 2.51. The van der Waals surface area contributed by atoms with Crippen molar-refractivity contribution in [1.29, 1.82) is 5.26 Å². The molecular formula is C28H20Cl2F3N2O5PS. The molecule has 0 bridgehead atoms. The monoisotopic (exact) mass is 654 g/mol. The summed E-state index contributed by atoms with van der Waals surface area (Å²) < 4.78 is 81.9. The summed E-state index contributed by atoms with van der Waals surface area (Å²) in [5, 5.41) is 8.11. The summed E-state index contributed by atoms with van der Waals surface area (Å²) in [6.45, 7) is -0.643. The third kappa shape index (κ3) is 6.72. The first-order valence-electron chi connectivity index (χ1n) is 11.9. The molecule has 4 rings (SSSR count). The predicted octanol–water partition coefficient (Wildman–Crippen LogP) is 7.29. The van der Waals surface area contributed by atoms with Crippen molar-refractivity contribution in [2.45, 2.75) is 23.6 Å². The number of rotatable bonds is 9. The Kier molecular flexibility index (Phi) is 9.21. The molecule has 218 valence electrons. The fraction of sp³-hybridized carbons (Fsp3) is 0.107. The van der Waals surface area contributed by atoms with Crippen LogP contribution in [0.2, 0.25) is 10.0 Å². The summed E-state index contributed by atoms with van der Waals surface area (Å²) in [5.41, 5.74) is -3.04. The largest absolute Gasteiger partial charge is 0.399 e. The van der Waals surface area contributed by atoms with Crippen molar-refractivity contribution in [3.8, 4) is 17.2 Å². The second-order valence-corrected chi connectivity index (χ2v) is 13.5. The van der Waals surface area contributed by atoms with Gasteiger partial charge in [0.2, 0.25) is 10.0 Å². The number of alkyl halides is 2. The van der Waals surface area contributed by atoms with Crippen LogP contribution in [-0.2, 0) is 33.3 Å². The van der Waals surface area contributed by atoms with Gasteiger partial charge in [0.15, 0.2) is 0 Å². The molecule has 0 saturated heterocycles. The Bertz CT molecular complexity index is 1850. The molecule has 0 aliphatic heterocycles. The van der Waals surface area contributed by atoms with Gasteiger partial charge in [-0.3, -0.25) is 4.57 Å². The Balaban J connectivity index is 1.71. The molecule has 2 N–H and O–H groups in total. The van der Waals surface area contributed by atoms with Crippen molar-refractivity contribution in [2.24, 2.45) is 0 Å². The van der Waals surface area contributed by atoms with Gasteiger partial charge in [0.1, 0.15) is 10.7 Å². The van der Waals surface area contributed by atoms with Crippen LogP contribution in [0, 0.1) is 17.1 Å². The molecule has 0 aliphatic rings. The zero-order valence-electron chi connectivity index (χ0n) is 21.3. The molecule has 0 spiro atoms. The summed E-state index contributed by atoms with van der Waals surface area (Å²) in [6.07, 6.45) is 0. The van der Waals surface area contributed by atoms with Crippen molar-refractivity contribution in [1.82, 2.24) is 4.31 Å². The molecule has 0 atom stereocenters. The summed E-state index contributed by atoms with van der Waals surface area (Å²) in [4.78, 5) is 17.7. The normalized spacial score (nSPS) is 12.4. The molecule has 4 aromatic carbocycles. The van der Waals surface area contributed by atoms with Crippen LogP contribution < -0.4 is 0 Å². The maximum Gasteiger partial charge on any atom is 0.399 e. The molecule has 14 heteroatoms. The van der Waals surface area contributed by atoms with Crippen LogP contribution >= 0.6 is 30.8 Å². The highest BCUT2D eigenvalue weighted by Crippen LogP contribution is 2.60. The first-order valence-corrected chi connectivity index (χ1v) is 15.7. The van der Waals surface area contributed by atoms with Crippen molar-refractivity contribution in [3.05, 3.63) is 123 Å². The van der Waals surface area contributed by atoms with E-state index in [2.05, 4.69) is 6.07 Å². The highest BCUT2D eigenvalue weighted by molar-refractivity contribution is 7.89. The van der Waals surface area contributed by atoms with E-state index in [1.54, 1.807) is 42.5 Å². The van der Waals surface area contributed by atoms with E-state index in [1.807, 2.05) is 6.07 Å². The second-order valence-electron chi connectivity index (χ2n) is 9.14. The maximum absolute atomic E-state index is 14.3. The first-order chi connectivity index (χ1) is 19.6. The lowest BCUT2D eigenvalue weighted by Gasteiger charge is -2.24. The molecule has 0 aliphatic carbocycles. The minimum Gasteiger partial charge on any atom is -0.320 e. The lowest BCUT2D eigenvalue weighted by molar-refractivity contribution is 0.0565. The van der Waals surface area contributed by atoms with E-state index in [4.69, 9.17) is 38.3 Å². The maximum atomic E-state index is 14.3. The van der Waals surface area contributed by atoms with Gasteiger partial charge in [-0.2, -0.15) is 18.3 Å². The third-order valence-electron chi connectivity index (χ3n) is 6.23. The molecule has 0 fully saturated rings. The van der Waals surface area contributed by atoms with Gasteiger partial charge in [-0.15, -0.1) is 0 Å². The van der Waals surface area contributed by atoms with Crippen LogP contribution in [0.1, 0.15) is 22.3 Å². The number of hydrogen-bond donors (Lipinski definition) is 2. The van der Waals surface area contributed by atoms with E-state index in [0.717, 1.165) is 51.8 Å². The number of nitriles is 1. The van der Waals surface area contributed by atoms with Gasteiger partial charge in [0.05, 0.1) is 27.2 Å². The van der Waals surface area contributed by atoms with Crippen molar-refractivity contribution < 1.29 is 35.9 Å². The van der Waals surface area contributed by atoms with Crippen LogP contribution in [0.5, 0.6) is 0 Å². The summed E-state index contributed by atoms with van der Waals surface area (Å²) in [7, 11) is -10.3. The standard InChI is InChI=1S/C28H20Cl2F3N2O5PS/c29-25-13-20(6-10-24(25)28(32,33)41(36,37)38)17-35(42(39,40)27-11-9-23(31)14-26(27)30)16-18-4-7-21(8-5-18)22-3-1-2-19(12-22)15-34/h1-14H,16-17H2,(H2,36,37,38). The van der Waals surface area contributed by atoms with Crippen LogP contribution in [0.25, 0.3) is 11.1 Å². The minimum absolute atomic E-state index is 0.122. The van der Waals surface area contributed by atoms with Crippen molar-refractivity contribution in [2.75, 3.05) is 0 Å². The second kappa shape index (κ2) is 12.2. The van der Waals surface area contributed by atoms with E-state index in [9.17, 15) is 26.2 Å². The molecule has 7 nitrogen and oxygen atoms in total. The Morgan fingerprint density at radius 2 is 1.50 bits per heavy atom. The van der Waals surface area contributed by atoms with E-state index in [-0.39, 0.29) is 17.1 Å². The fourth-order valence-corrected chi connectivity index (χ4v) is 6.90. The molecule has 4 aromatic rings. The lowest BCUT2D eigenvalue weighted by Crippen LogP contribution is -2.30. The van der Waals surface area contributed by atoms with E-state index in [1.165, 1.54) is 0 Å². The Labute approximate surface area is 249 Å². The number of hydrogen-bond acceptors (Lipinski definition) is 4. The summed E-state index contributed by atoms with van der Waals surface area (Å²) >= 11 is 12.0. The molecule has 0 aromatic heterocycles. The number of halogens is 5. The Morgan fingerprint density at radius 3 is 2.10 bits per heavy atom. The molecule has 0 radical (unpaired) electrons. The van der Waals surface area contributed by atoms with Gasteiger partial charge >= 0.3 is 13.3 Å². The van der Waals surface area contributed by atoms with Gasteiger partial charge in [0, 0.05) is 13.1 Å². The van der Waals surface area contributed by atoms with Crippen LogP contribution in [0.15, 0.2) is 89.8 Å².